The van der Waals surface area contributed by atoms with Gasteiger partial charge in [0.15, 0.2) is 0 Å². The highest BCUT2D eigenvalue weighted by Crippen LogP contribution is 2.19. The van der Waals surface area contributed by atoms with Crippen molar-refractivity contribution < 1.29 is 9.53 Å². The molecule has 5 heteroatoms. The van der Waals surface area contributed by atoms with Gasteiger partial charge in [0.05, 0.1) is 6.04 Å². The molecule has 1 N–H and O–H groups in total. The molecule has 23 heavy (non-hydrogen) atoms. The van der Waals surface area contributed by atoms with Gasteiger partial charge in [-0.15, -0.1) is 0 Å². The number of piperazine rings is 1. The molecule has 1 fully saturated rings. The number of hydrogen-bond acceptors (Lipinski definition) is 3. The summed E-state index contributed by atoms with van der Waals surface area (Å²) in [6.07, 6.45) is 0.591. The molecule has 1 aliphatic heterocycles. The van der Waals surface area contributed by atoms with E-state index in [0.717, 1.165) is 12.0 Å². The Bertz CT molecular complexity index is 551. The number of ether oxygens (including phenoxy) is 1. The van der Waals surface area contributed by atoms with E-state index < -0.39 is 5.60 Å². The van der Waals surface area contributed by atoms with Gasteiger partial charge >= 0.3 is 6.09 Å². The molecular formula is C18H27N3O2. The van der Waals surface area contributed by atoms with Gasteiger partial charge in [0.1, 0.15) is 11.4 Å². The van der Waals surface area contributed by atoms with E-state index in [1.54, 1.807) is 4.90 Å². The largest absolute Gasteiger partial charge is 0.444 e. The van der Waals surface area contributed by atoms with Crippen molar-refractivity contribution in [2.45, 2.75) is 45.8 Å². The highest BCUT2D eigenvalue weighted by atomic mass is 16.6. The number of rotatable bonds is 2. The molecule has 1 aromatic carbocycles. The number of amidine groups is 1. The first kappa shape index (κ1) is 17.3. The smallest absolute Gasteiger partial charge is 0.410 e. The van der Waals surface area contributed by atoms with E-state index in [-0.39, 0.29) is 12.1 Å². The quantitative estimate of drug-likeness (QED) is 0.672. The lowest BCUT2D eigenvalue weighted by molar-refractivity contribution is 0.00472. The molecule has 1 aliphatic rings. The summed E-state index contributed by atoms with van der Waals surface area (Å²) in [5.74, 6) is 0.521. The summed E-state index contributed by atoms with van der Waals surface area (Å²) in [7, 11) is 0. The monoisotopic (exact) mass is 317 g/mol. The second kappa shape index (κ2) is 7.02. The molecule has 1 amide bonds. The summed E-state index contributed by atoms with van der Waals surface area (Å²) in [6.45, 7) is 9.63. The van der Waals surface area contributed by atoms with Gasteiger partial charge in [-0.1, -0.05) is 37.3 Å². The topological polar surface area (TPSA) is 56.6 Å². The van der Waals surface area contributed by atoms with Crippen molar-refractivity contribution in [3.63, 3.8) is 0 Å². The van der Waals surface area contributed by atoms with Gasteiger partial charge in [0.2, 0.25) is 0 Å². The second-order valence-corrected chi connectivity index (χ2v) is 6.90. The molecule has 0 aromatic heterocycles. The van der Waals surface area contributed by atoms with E-state index in [9.17, 15) is 4.79 Å². The Kier molecular flexibility index (Phi) is 5.29. The zero-order valence-electron chi connectivity index (χ0n) is 14.5. The highest BCUT2D eigenvalue weighted by molar-refractivity contribution is 5.96. The van der Waals surface area contributed by atoms with Crippen LogP contribution in [-0.4, -0.2) is 53.0 Å². The summed E-state index contributed by atoms with van der Waals surface area (Å²) in [6, 6.07) is 9.80. The highest BCUT2D eigenvalue weighted by Gasteiger charge is 2.33. The number of hydrogen-bond donors (Lipinski definition) is 1. The van der Waals surface area contributed by atoms with Gasteiger partial charge in [-0.2, -0.15) is 0 Å². The van der Waals surface area contributed by atoms with E-state index >= 15 is 0 Å². The van der Waals surface area contributed by atoms with Crippen molar-refractivity contribution in [2.24, 2.45) is 0 Å². The van der Waals surface area contributed by atoms with E-state index in [1.807, 2.05) is 56.0 Å². The number of benzene rings is 1. The Hall–Kier alpha value is -2.04. The maximum Gasteiger partial charge on any atom is 0.410 e. The van der Waals surface area contributed by atoms with Crippen LogP contribution in [0.4, 0.5) is 4.79 Å². The van der Waals surface area contributed by atoms with Gasteiger partial charge in [0, 0.05) is 25.2 Å². The number of carbonyl (C=O) groups excluding carboxylic acids is 1. The maximum atomic E-state index is 12.4. The minimum atomic E-state index is -0.483. The molecule has 0 saturated carbocycles. The molecule has 0 radical (unpaired) electrons. The predicted octanol–water partition coefficient (Wildman–Crippen LogP) is 3.34. The third-order valence-corrected chi connectivity index (χ3v) is 3.95. The van der Waals surface area contributed by atoms with Gasteiger partial charge < -0.3 is 14.5 Å². The van der Waals surface area contributed by atoms with E-state index in [1.165, 1.54) is 0 Å². The number of nitrogens with zero attached hydrogens (tertiary/aromatic N) is 2. The fourth-order valence-corrected chi connectivity index (χ4v) is 2.75. The molecule has 1 saturated heterocycles. The minimum absolute atomic E-state index is 0.0719. The molecule has 0 spiro atoms. The number of amides is 1. The van der Waals surface area contributed by atoms with Crippen molar-refractivity contribution in [1.82, 2.24) is 9.80 Å². The fraction of sp³-hybridized carbons (Fsp3) is 0.556. The molecule has 2 rings (SSSR count). The zero-order valence-corrected chi connectivity index (χ0v) is 14.5. The first-order chi connectivity index (χ1) is 10.8. The Morgan fingerprint density at radius 3 is 2.48 bits per heavy atom. The zero-order chi connectivity index (χ0) is 17.0. The number of carbonyl (C=O) groups is 1. The van der Waals surface area contributed by atoms with Crippen molar-refractivity contribution in [3.05, 3.63) is 35.9 Å². The van der Waals surface area contributed by atoms with Gasteiger partial charge in [-0.25, -0.2) is 4.79 Å². The van der Waals surface area contributed by atoms with Gasteiger partial charge in [-0.3, -0.25) is 5.41 Å². The molecule has 1 atom stereocenters. The lowest BCUT2D eigenvalue weighted by Crippen LogP contribution is -2.57. The van der Waals surface area contributed by atoms with Crippen LogP contribution in [0.15, 0.2) is 30.3 Å². The van der Waals surface area contributed by atoms with E-state index in [2.05, 4.69) is 6.92 Å². The first-order valence-corrected chi connectivity index (χ1v) is 8.20. The Morgan fingerprint density at radius 2 is 1.91 bits per heavy atom. The second-order valence-electron chi connectivity index (χ2n) is 6.90. The van der Waals surface area contributed by atoms with Crippen molar-refractivity contribution >= 4 is 11.9 Å². The average Bonchev–Trinajstić information content (AvgIpc) is 2.52. The molecule has 5 nitrogen and oxygen atoms in total. The van der Waals surface area contributed by atoms with Crippen LogP contribution in [0.2, 0.25) is 0 Å². The molecule has 1 heterocycles. The van der Waals surface area contributed by atoms with Crippen LogP contribution in [0.25, 0.3) is 0 Å². The van der Waals surface area contributed by atoms with Crippen molar-refractivity contribution in [2.75, 3.05) is 19.6 Å². The van der Waals surface area contributed by atoms with Gasteiger partial charge in [-0.05, 0) is 27.2 Å². The van der Waals surface area contributed by atoms with E-state index in [4.69, 9.17) is 10.1 Å². The van der Waals surface area contributed by atoms with E-state index in [0.29, 0.717) is 25.5 Å². The van der Waals surface area contributed by atoms with Crippen LogP contribution in [0.5, 0.6) is 0 Å². The lowest BCUT2D eigenvalue weighted by atomic mass is 10.1. The summed E-state index contributed by atoms with van der Waals surface area (Å²) in [5.41, 5.74) is 0.427. The standard InChI is InChI=1S/C18H27N3O2/c1-5-15-13-20(16(19)14-9-7-6-8-10-14)11-12-21(15)17(22)23-18(2,3)4/h6-10,15,19H,5,11-13H2,1-4H3/t15-/m1/s1. The Labute approximate surface area is 138 Å². The van der Waals surface area contributed by atoms with Crippen molar-refractivity contribution in [3.8, 4) is 0 Å². The van der Waals surface area contributed by atoms with Crippen LogP contribution in [0, 0.1) is 5.41 Å². The SMILES string of the molecule is CC[C@@H]1CN(C(=N)c2ccccc2)CCN1C(=O)OC(C)(C)C. The summed E-state index contributed by atoms with van der Waals surface area (Å²) < 4.78 is 5.50. The van der Waals surface area contributed by atoms with Crippen LogP contribution in [-0.2, 0) is 4.74 Å². The minimum Gasteiger partial charge on any atom is -0.444 e. The molecule has 0 bridgehead atoms. The van der Waals surface area contributed by atoms with Crippen LogP contribution < -0.4 is 0 Å². The summed E-state index contributed by atoms with van der Waals surface area (Å²) in [5, 5.41) is 8.40. The summed E-state index contributed by atoms with van der Waals surface area (Å²) in [4.78, 5) is 16.2. The molecule has 0 aliphatic carbocycles. The van der Waals surface area contributed by atoms with Crippen LogP contribution in [0.3, 0.4) is 0 Å². The molecule has 0 unspecified atom stereocenters. The molecule has 1 aromatic rings. The first-order valence-electron chi connectivity index (χ1n) is 8.20. The van der Waals surface area contributed by atoms with Crippen molar-refractivity contribution in [1.29, 1.82) is 5.41 Å². The molecular weight excluding hydrogens is 290 g/mol. The third-order valence-electron chi connectivity index (χ3n) is 3.95. The Balaban J connectivity index is 2.04. The third kappa shape index (κ3) is 4.47. The Morgan fingerprint density at radius 1 is 1.26 bits per heavy atom. The fourth-order valence-electron chi connectivity index (χ4n) is 2.75. The normalized spacial score (nSPS) is 18.7. The lowest BCUT2D eigenvalue weighted by Gasteiger charge is -2.42. The summed E-state index contributed by atoms with van der Waals surface area (Å²) >= 11 is 0. The number of nitrogens with one attached hydrogen (secondary N) is 1. The predicted molar refractivity (Wildman–Crippen MR) is 91.9 cm³/mol. The van der Waals surface area contributed by atoms with Crippen LogP contribution >= 0.6 is 0 Å². The average molecular weight is 317 g/mol. The molecule has 126 valence electrons. The van der Waals surface area contributed by atoms with Crippen LogP contribution in [0.1, 0.15) is 39.7 Å². The maximum absolute atomic E-state index is 12.4. The van der Waals surface area contributed by atoms with Gasteiger partial charge in [0.25, 0.3) is 0 Å².